The van der Waals surface area contributed by atoms with Crippen LogP contribution in [0, 0.1) is 6.92 Å². The summed E-state index contributed by atoms with van der Waals surface area (Å²) in [6.45, 7) is 8.90. The first-order valence-corrected chi connectivity index (χ1v) is 10.2. The predicted octanol–water partition coefficient (Wildman–Crippen LogP) is 3.88. The standard InChI is InChI=1S/C23H30N4O3/c1-5-21(28)26-20-14-19(12-11-16(20)4)25-22(29)15-24-18-10-8-9-17(13-18)23(30)27(6-2)7-3/h8-14,24H,5-7,15H2,1-4H3,(H,25,29)(H,26,28). The lowest BCUT2D eigenvalue weighted by Crippen LogP contribution is -2.30. The highest BCUT2D eigenvalue weighted by atomic mass is 16.2. The number of rotatable bonds is 9. The molecule has 0 saturated carbocycles. The van der Waals surface area contributed by atoms with Gasteiger partial charge in [0, 0.05) is 42.1 Å². The molecule has 0 atom stereocenters. The number of nitrogens with zero attached hydrogens (tertiary/aromatic N) is 1. The van der Waals surface area contributed by atoms with Crippen molar-refractivity contribution in [2.75, 3.05) is 35.6 Å². The van der Waals surface area contributed by atoms with E-state index in [2.05, 4.69) is 16.0 Å². The van der Waals surface area contributed by atoms with Crippen molar-refractivity contribution in [2.45, 2.75) is 34.1 Å². The molecule has 3 amide bonds. The summed E-state index contributed by atoms with van der Waals surface area (Å²) >= 11 is 0. The van der Waals surface area contributed by atoms with E-state index in [4.69, 9.17) is 0 Å². The maximum Gasteiger partial charge on any atom is 0.253 e. The van der Waals surface area contributed by atoms with Gasteiger partial charge in [0.1, 0.15) is 0 Å². The minimum absolute atomic E-state index is 0.0330. The Balaban J connectivity index is 1.98. The molecule has 2 rings (SSSR count). The minimum Gasteiger partial charge on any atom is -0.376 e. The van der Waals surface area contributed by atoms with Crippen molar-refractivity contribution < 1.29 is 14.4 Å². The van der Waals surface area contributed by atoms with Crippen LogP contribution in [0.4, 0.5) is 17.1 Å². The number of aryl methyl sites for hydroxylation is 1. The summed E-state index contributed by atoms with van der Waals surface area (Å²) in [5.41, 5.74) is 3.48. The Hall–Kier alpha value is -3.35. The number of hydrogen-bond acceptors (Lipinski definition) is 4. The van der Waals surface area contributed by atoms with E-state index < -0.39 is 0 Å². The van der Waals surface area contributed by atoms with Gasteiger partial charge in [0.25, 0.3) is 5.91 Å². The molecule has 0 aliphatic carbocycles. The Morgan fingerprint density at radius 1 is 0.867 bits per heavy atom. The summed E-state index contributed by atoms with van der Waals surface area (Å²) in [5.74, 6) is -0.344. The molecular weight excluding hydrogens is 380 g/mol. The molecule has 0 fully saturated rings. The van der Waals surface area contributed by atoms with E-state index in [-0.39, 0.29) is 24.3 Å². The van der Waals surface area contributed by atoms with E-state index in [1.165, 1.54) is 0 Å². The van der Waals surface area contributed by atoms with Gasteiger partial charge in [-0.3, -0.25) is 14.4 Å². The lowest BCUT2D eigenvalue weighted by atomic mass is 10.1. The van der Waals surface area contributed by atoms with Crippen LogP contribution >= 0.6 is 0 Å². The van der Waals surface area contributed by atoms with Crippen LogP contribution in [0.3, 0.4) is 0 Å². The molecule has 0 aliphatic heterocycles. The highest BCUT2D eigenvalue weighted by Gasteiger charge is 2.13. The fourth-order valence-electron chi connectivity index (χ4n) is 2.92. The minimum atomic E-state index is -0.230. The van der Waals surface area contributed by atoms with Crippen LogP contribution in [0.15, 0.2) is 42.5 Å². The van der Waals surface area contributed by atoms with Crippen molar-refractivity contribution in [3.05, 3.63) is 53.6 Å². The zero-order valence-electron chi connectivity index (χ0n) is 18.0. The zero-order chi connectivity index (χ0) is 22.1. The topological polar surface area (TPSA) is 90.5 Å². The number of amides is 3. The third kappa shape index (κ3) is 6.34. The number of hydrogen-bond donors (Lipinski definition) is 3. The van der Waals surface area contributed by atoms with Crippen molar-refractivity contribution in [3.63, 3.8) is 0 Å². The van der Waals surface area contributed by atoms with Crippen molar-refractivity contribution in [3.8, 4) is 0 Å². The van der Waals surface area contributed by atoms with Gasteiger partial charge in [-0.05, 0) is 56.7 Å². The zero-order valence-corrected chi connectivity index (χ0v) is 18.0. The second-order valence-corrected chi connectivity index (χ2v) is 6.89. The van der Waals surface area contributed by atoms with Gasteiger partial charge in [-0.25, -0.2) is 0 Å². The molecule has 0 aromatic heterocycles. The second-order valence-electron chi connectivity index (χ2n) is 6.89. The van der Waals surface area contributed by atoms with Crippen LogP contribution in [0.25, 0.3) is 0 Å². The molecule has 0 saturated heterocycles. The third-order valence-corrected chi connectivity index (χ3v) is 4.73. The molecule has 7 heteroatoms. The third-order valence-electron chi connectivity index (χ3n) is 4.73. The first-order chi connectivity index (χ1) is 14.4. The van der Waals surface area contributed by atoms with Gasteiger partial charge in [0.05, 0.1) is 6.54 Å². The Kier molecular flexibility index (Phi) is 8.41. The maximum atomic E-state index is 12.5. The van der Waals surface area contributed by atoms with Crippen LogP contribution in [0.5, 0.6) is 0 Å². The molecule has 0 bridgehead atoms. The highest BCUT2D eigenvalue weighted by Crippen LogP contribution is 2.20. The largest absolute Gasteiger partial charge is 0.376 e. The lowest BCUT2D eigenvalue weighted by Gasteiger charge is -2.19. The number of carbonyl (C=O) groups is 3. The maximum absolute atomic E-state index is 12.5. The van der Waals surface area contributed by atoms with Gasteiger partial charge in [-0.2, -0.15) is 0 Å². The first-order valence-electron chi connectivity index (χ1n) is 10.2. The van der Waals surface area contributed by atoms with Crippen molar-refractivity contribution in [2.24, 2.45) is 0 Å². The van der Waals surface area contributed by atoms with E-state index in [0.29, 0.717) is 42.1 Å². The fraction of sp³-hybridized carbons (Fsp3) is 0.348. The van der Waals surface area contributed by atoms with E-state index in [1.807, 2.05) is 32.9 Å². The van der Waals surface area contributed by atoms with Gasteiger partial charge in [0.15, 0.2) is 0 Å². The Morgan fingerprint density at radius 3 is 2.27 bits per heavy atom. The van der Waals surface area contributed by atoms with Gasteiger partial charge in [0.2, 0.25) is 11.8 Å². The SMILES string of the molecule is CCC(=O)Nc1cc(NC(=O)CNc2cccc(C(=O)N(CC)CC)c2)ccc1C. The predicted molar refractivity (Wildman–Crippen MR) is 121 cm³/mol. The Labute approximate surface area is 177 Å². The molecule has 0 spiro atoms. The summed E-state index contributed by atoms with van der Waals surface area (Å²) in [6, 6.07) is 12.5. The second kappa shape index (κ2) is 11.0. The average Bonchev–Trinajstić information content (AvgIpc) is 2.75. The summed E-state index contributed by atoms with van der Waals surface area (Å²) < 4.78 is 0. The fourth-order valence-corrected chi connectivity index (χ4v) is 2.92. The lowest BCUT2D eigenvalue weighted by molar-refractivity contribution is -0.116. The number of benzene rings is 2. The van der Waals surface area contributed by atoms with Gasteiger partial charge in [-0.1, -0.05) is 19.1 Å². The molecule has 0 aliphatic rings. The monoisotopic (exact) mass is 410 g/mol. The van der Waals surface area contributed by atoms with Gasteiger partial charge < -0.3 is 20.9 Å². The van der Waals surface area contributed by atoms with E-state index in [9.17, 15) is 14.4 Å². The van der Waals surface area contributed by atoms with Crippen LogP contribution in [-0.4, -0.2) is 42.3 Å². The van der Waals surface area contributed by atoms with E-state index in [0.717, 1.165) is 5.56 Å². The van der Waals surface area contributed by atoms with E-state index >= 15 is 0 Å². The summed E-state index contributed by atoms with van der Waals surface area (Å²) in [5, 5.41) is 8.69. The van der Waals surface area contributed by atoms with Crippen LogP contribution in [-0.2, 0) is 9.59 Å². The number of nitrogens with one attached hydrogen (secondary N) is 3. The summed E-state index contributed by atoms with van der Waals surface area (Å²) in [4.78, 5) is 38.2. The molecule has 30 heavy (non-hydrogen) atoms. The molecule has 0 heterocycles. The van der Waals surface area contributed by atoms with E-state index in [1.54, 1.807) is 42.2 Å². The van der Waals surface area contributed by atoms with Gasteiger partial charge in [-0.15, -0.1) is 0 Å². The van der Waals surface area contributed by atoms with Crippen molar-refractivity contribution >= 4 is 34.8 Å². The molecule has 7 nitrogen and oxygen atoms in total. The quantitative estimate of drug-likeness (QED) is 0.585. The number of carbonyl (C=O) groups excluding carboxylic acids is 3. The van der Waals surface area contributed by atoms with Crippen molar-refractivity contribution in [1.29, 1.82) is 0 Å². The Morgan fingerprint density at radius 2 is 1.60 bits per heavy atom. The molecular formula is C23H30N4O3. The van der Waals surface area contributed by atoms with Crippen LogP contribution in [0.2, 0.25) is 0 Å². The van der Waals surface area contributed by atoms with Crippen LogP contribution in [0.1, 0.15) is 43.1 Å². The summed E-state index contributed by atoms with van der Waals surface area (Å²) in [6.07, 6.45) is 0.385. The average molecular weight is 411 g/mol. The smallest absolute Gasteiger partial charge is 0.253 e. The highest BCUT2D eigenvalue weighted by molar-refractivity contribution is 5.97. The van der Waals surface area contributed by atoms with Gasteiger partial charge >= 0.3 is 0 Å². The molecule has 0 unspecified atom stereocenters. The normalized spacial score (nSPS) is 10.3. The molecule has 0 radical (unpaired) electrons. The summed E-state index contributed by atoms with van der Waals surface area (Å²) in [7, 11) is 0. The Bertz CT molecular complexity index is 907. The van der Waals surface area contributed by atoms with Crippen molar-refractivity contribution in [1.82, 2.24) is 4.90 Å². The number of anilines is 3. The first kappa shape index (κ1) is 22.9. The molecule has 2 aromatic carbocycles. The van der Waals surface area contributed by atoms with Crippen LogP contribution < -0.4 is 16.0 Å². The molecule has 3 N–H and O–H groups in total. The molecule has 160 valence electrons. The molecule has 2 aromatic rings.